The van der Waals surface area contributed by atoms with Crippen molar-refractivity contribution in [2.24, 2.45) is 0 Å². The number of H-pyrrole nitrogens is 1. The number of allylic oxidation sites excluding steroid dienone is 4. The highest BCUT2D eigenvalue weighted by Crippen LogP contribution is 2.47. The molecule has 0 radical (unpaired) electrons. The highest BCUT2D eigenvalue weighted by molar-refractivity contribution is 6.02. The molecule has 1 N–H and O–H groups in total. The molecule has 3 rings (SSSR count). The zero-order valence-corrected chi connectivity index (χ0v) is 12.4. The van der Waals surface area contributed by atoms with Gasteiger partial charge in [-0.2, -0.15) is 0 Å². The van der Waals surface area contributed by atoms with Crippen molar-refractivity contribution in [1.82, 2.24) is 4.98 Å². The molecule has 21 heavy (non-hydrogen) atoms. The predicted molar refractivity (Wildman–Crippen MR) is 94.2 cm³/mol. The molecule has 0 saturated carbocycles. The second-order valence-electron chi connectivity index (χ2n) is 5.31. The lowest BCUT2D eigenvalue weighted by Crippen LogP contribution is -1.93. The summed E-state index contributed by atoms with van der Waals surface area (Å²) in [5.41, 5.74) is 8.27. The van der Waals surface area contributed by atoms with E-state index in [0.29, 0.717) is 5.92 Å². The van der Waals surface area contributed by atoms with Crippen LogP contribution in [0.1, 0.15) is 35.2 Å². The highest BCUT2D eigenvalue weighted by Gasteiger charge is 2.28. The summed E-state index contributed by atoms with van der Waals surface area (Å²) in [6.45, 7) is 18.0. The maximum atomic E-state index is 3.97. The Labute approximate surface area is 125 Å². The normalized spacial score (nSPS) is 16.9. The van der Waals surface area contributed by atoms with Crippen molar-refractivity contribution >= 4 is 28.6 Å². The quantitative estimate of drug-likeness (QED) is 0.735. The van der Waals surface area contributed by atoms with Crippen LogP contribution in [0.2, 0.25) is 0 Å². The lowest BCUT2D eigenvalue weighted by atomic mass is 9.92. The minimum absolute atomic E-state index is 0.307. The molecule has 1 heteroatoms. The minimum atomic E-state index is 0.307. The van der Waals surface area contributed by atoms with Gasteiger partial charge in [-0.15, -0.1) is 0 Å². The van der Waals surface area contributed by atoms with Crippen LogP contribution in [0.5, 0.6) is 0 Å². The Morgan fingerprint density at radius 3 is 2.33 bits per heavy atom. The van der Waals surface area contributed by atoms with Gasteiger partial charge in [0.1, 0.15) is 0 Å². The van der Waals surface area contributed by atoms with Gasteiger partial charge < -0.3 is 4.98 Å². The smallest absolute Gasteiger partial charge is 0.0468 e. The van der Waals surface area contributed by atoms with Crippen molar-refractivity contribution in [2.45, 2.75) is 12.8 Å². The molecule has 1 aromatic heterocycles. The van der Waals surface area contributed by atoms with Gasteiger partial charge in [-0.3, -0.25) is 0 Å². The van der Waals surface area contributed by atoms with Crippen LogP contribution in [-0.2, 0) is 0 Å². The maximum absolute atomic E-state index is 3.97. The van der Waals surface area contributed by atoms with E-state index in [1.807, 2.05) is 24.3 Å². The molecule has 1 heterocycles. The van der Waals surface area contributed by atoms with Gasteiger partial charge in [0.2, 0.25) is 0 Å². The van der Waals surface area contributed by atoms with E-state index in [1.165, 1.54) is 27.7 Å². The van der Waals surface area contributed by atoms with Crippen LogP contribution in [0, 0.1) is 0 Å². The first-order valence-electron chi connectivity index (χ1n) is 7.10. The van der Waals surface area contributed by atoms with Crippen LogP contribution in [-0.4, -0.2) is 4.98 Å². The molecule has 0 saturated heterocycles. The molecule has 1 atom stereocenters. The van der Waals surface area contributed by atoms with E-state index < -0.39 is 0 Å². The fourth-order valence-corrected chi connectivity index (χ4v) is 3.48. The Hall–Kier alpha value is -2.54. The fourth-order valence-electron chi connectivity index (χ4n) is 3.48. The van der Waals surface area contributed by atoms with Crippen molar-refractivity contribution < 1.29 is 0 Å². The van der Waals surface area contributed by atoms with Crippen molar-refractivity contribution in [3.05, 3.63) is 78.6 Å². The summed E-state index contributed by atoms with van der Waals surface area (Å²) in [4.78, 5) is 3.42. The van der Waals surface area contributed by atoms with E-state index in [4.69, 9.17) is 0 Å². The van der Waals surface area contributed by atoms with Gasteiger partial charge >= 0.3 is 0 Å². The summed E-state index contributed by atoms with van der Waals surface area (Å²) < 4.78 is 0. The van der Waals surface area contributed by atoms with E-state index in [-0.39, 0.29) is 0 Å². The third kappa shape index (κ3) is 1.64. The molecule has 0 amide bonds. The number of nitrogens with one attached hydrogen (secondary N) is 1. The maximum Gasteiger partial charge on any atom is 0.0468 e. The third-order valence-electron chi connectivity index (χ3n) is 4.41. The van der Waals surface area contributed by atoms with E-state index >= 15 is 0 Å². The van der Waals surface area contributed by atoms with Crippen molar-refractivity contribution in [3.8, 4) is 0 Å². The van der Waals surface area contributed by atoms with Gasteiger partial charge in [0, 0.05) is 28.1 Å². The summed E-state index contributed by atoms with van der Waals surface area (Å²) in [6, 6.07) is 4.29. The van der Waals surface area contributed by atoms with Crippen molar-refractivity contribution in [3.63, 3.8) is 0 Å². The number of hydrogen-bond donors (Lipinski definition) is 1. The van der Waals surface area contributed by atoms with Gasteiger partial charge in [0.25, 0.3) is 0 Å². The van der Waals surface area contributed by atoms with Gasteiger partial charge in [-0.05, 0) is 34.4 Å². The second kappa shape index (κ2) is 4.78. The summed E-state index contributed by atoms with van der Waals surface area (Å²) >= 11 is 0. The lowest BCUT2D eigenvalue weighted by Gasteiger charge is -2.10. The molecule has 1 unspecified atom stereocenters. The molecule has 104 valence electrons. The average molecular weight is 273 g/mol. The molecular formula is C20H19N. The summed E-state index contributed by atoms with van der Waals surface area (Å²) in [5, 5.41) is 1.24. The third-order valence-corrected chi connectivity index (χ3v) is 4.41. The monoisotopic (exact) mass is 273 g/mol. The topological polar surface area (TPSA) is 15.8 Å². The molecular weight excluding hydrogens is 254 g/mol. The Kier molecular flexibility index (Phi) is 3.06. The Balaban J connectivity index is 2.45. The van der Waals surface area contributed by atoms with Crippen LogP contribution in [0.15, 0.2) is 56.2 Å². The van der Waals surface area contributed by atoms with Crippen molar-refractivity contribution in [2.75, 3.05) is 0 Å². The molecule has 0 spiro atoms. The Morgan fingerprint density at radius 2 is 1.76 bits per heavy atom. The number of rotatable bonds is 4. The fraction of sp³-hybridized carbons (Fsp3) is 0.100. The van der Waals surface area contributed by atoms with Crippen LogP contribution in [0.25, 0.3) is 28.6 Å². The molecule has 1 aliphatic rings. The molecule has 1 aliphatic carbocycles. The minimum Gasteiger partial charge on any atom is -0.355 e. The lowest BCUT2D eigenvalue weighted by molar-refractivity contribution is 0.959. The van der Waals surface area contributed by atoms with Crippen LogP contribution in [0.3, 0.4) is 0 Å². The van der Waals surface area contributed by atoms with Gasteiger partial charge in [-0.1, -0.05) is 57.5 Å². The molecule has 0 fully saturated rings. The van der Waals surface area contributed by atoms with E-state index in [2.05, 4.69) is 50.4 Å². The summed E-state index contributed by atoms with van der Waals surface area (Å²) in [5.74, 6) is 0.307. The van der Waals surface area contributed by atoms with Crippen LogP contribution < -0.4 is 0 Å². The largest absolute Gasteiger partial charge is 0.355 e. The van der Waals surface area contributed by atoms with Gasteiger partial charge in [0.15, 0.2) is 0 Å². The Bertz CT molecular complexity index is 827. The number of hydrogen-bond acceptors (Lipinski definition) is 0. The van der Waals surface area contributed by atoms with Crippen LogP contribution in [0.4, 0.5) is 0 Å². The molecule has 0 aliphatic heterocycles. The zero-order chi connectivity index (χ0) is 15.1. The molecule has 2 aromatic rings. The van der Waals surface area contributed by atoms with Gasteiger partial charge in [-0.25, -0.2) is 0 Å². The first-order chi connectivity index (χ1) is 10.2. The van der Waals surface area contributed by atoms with Crippen molar-refractivity contribution in [1.29, 1.82) is 0 Å². The standard InChI is InChI=1S/C20H19N/c1-6-13-12(5)19-16(14(13)7-2)10-11-18-20(19)15(8-3)17(9-4)21-18/h6-12,21H,1-4H2,5H3. The predicted octanol–water partition coefficient (Wildman–Crippen LogP) is 5.70. The van der Waals surface area contributed by atoms with E-state index in [0.717, 1.165) is 16.8 Å². The number of aromatic nitrogens is 1. The number of aromatic amines is 1. The Morgan fingerprint density at radius 1 is 1.00 bits per heavy atom. The van der Waals surface area contributed by atoms with E-state index in [9.17, 15) is 0 Å². The first-order valence-corrected chi connectivity index (χ1v) is 7.10. The second-order valence-corrected chi connectivity index (χ2v) is 5.31. The number of benzene rings is 1. The average Bonchev–Trinajstić information content (AvgIpc) is 3.00. The molecule has 1 nitrogen and oxygen atoms in total. The van der Waals surface area contributed by atoms with Gasteiger partial charge in [0.05, 0.1) is 0 Å². The molecule has 0 bridgehead atoms. The number of fused-ring (bicyclic) bond motifs is 3. The first kappa shape index (κ1) is 13.4. The van der Waals surface area contributed by atoms with E-state index in [1.54, 1.807) is 0 Å². The summed E-state index contributed by atoms with van der Waals surface area (Å²) in [6.07, 6.45) is 7.63. The molecule has 1 aromatic carbocycles. The summed E-state index contributed by atoms with van der Waals surface area (Å²) in [7, 11) is 0. The highest BCUT2D eigenvalue weighted by atomic mass is 14.7. The SMILES string of the molecule is C=CC1=C(C=C)C(C)c2c1ccc1[nH]c(C=C)c(C=C)c21. The van der Waals surface area contributed by atoms with Crippen LogP contribution >= 0.6 is 0 Å². The zero-order valence-electron chi connectivity index (χ0n) is 12.4.